The van der Waals surface area contributed by atoms with Crippen LogP contribution in [0.3, 0.4) is 0 Å². The molecule has 0 radical (unpaired) electrons. The van der Waals surface area contributed by atoms with Crippen molar-refractivity contribution in [2.45, 2.75) is 12.8 Å². The van der Waals surface area contributed by atoms with E-state index in [1.807, 2.05) is 12.1 Å². The zero-order valence-corrected chi connectivity index (χ0v) is 10.1. The fourth-order valence-corrected chi connectivity index (χ4v) is 2.15. The third-order valence-corrected chi connectivity index (χ3v) is 3.07. The maximum absolute atomic E-state index is 12.0. The minimum atomic E-state index is -0.101. The van der Waals surface area contributed by atoms with Crippen LogP contribution in [0.2, 0.25) is 0 Å². The second-order valence-corrected chi connectivity index (χ2v) is 4.26. The zero-order chi connectivity index (χ0) is 13.2. The largest absolute Gasteiger partial charge is 0.456 e. The monoisotopic (exact) mass is 250 g/mol. The number of fused-ring (bicyclic) bond motifs is 1. The van der Waals surface area contributed by atoms with Gasteiger partial charge >= 0.3 is 0 Å². The fourth-order valence-electron chi connectivity index (χ4n) is 2.15. The van der Waals surface area contributed by atoms with Crippen molar-refractivity contribution < 1.29 is 4.42 Å². The molecule has 0 N–H and O–H groups in total. The molecule has 0 aliphatic carbocycles. The lowest BCUT2D eigenvalue weighted by molar-refractivity contribution is 0.582. The van der Waals surface area contributed by atoms with Crippen LogP contribution < -0.4 is 5.43 Å². The van der Waals surface area contributed by atoms with Gasteiger partial charge in [-0.15, -0.1) is 0 Å². The molecule has 0 saturated carbocycles. The molecular formula is C15H10N2O2. The minimum absolute atomic E-state index is 0.101. The summed E-state index contributed by atoms with van der Waals surface area (Å²) in [6.45, 7) is 0. The number of rotatable bonds is 1. The van der Waals surface area contributed by atoms with Crippen LogP contribution >= 0.6 is 0 Å². The van der Waals surface area contributed by atoms with Gasteiger partial charge in [0.15, 0.2) is 5.43 Å². The fraction of sp³-hybridized carbons (Fsp3) is 0.133. The highest BCUT2D eigenvalue weighted by Crippen LogP contribution is 2.27. The van der Waals surface area contributed by atoms with E-state index >= 15 is 0 Å². The van der Waals surface area contributed by atoms with Crippen LogP contribution in [-0.4, -0.2) is 6.21 Å². The summed E-state index contributed by atoms with van der Waals surface area (Å²) in [5, 5.41) is 9.61. The Balaban J connectivity index is 2.27. The first-order chi connectivity index (χ1) is 9.29. The molecule has 0 atom stereocenters. The van der Waals surface area contributed by atoms with Gasteiger partial charge in [-0.05, 0) is 25.0 Å². The van der Waals surface area contributed by atoms with E-state index in [2.05, 4.69) is 4.99 Å². The zero-order valence-electron chi connectivity index (χ0n) is 10.1. The van der Waals surface area contributed by atoms with E-state index in [0.717, 1.165) is 6.42 Å². The molecule has 0 spiro atoms. The van der Waals surface area contributed by atoms with Crippen molar-refractivity contribution in [3.8, 4) is 6.07 Å². The van der Waals surface area contributed by atoms with Crippen LogP contribution in [0.4, 0.5) is 0 Å². The van der Waals surface area contributed by atoms with Crippen molar-refractivity contribution in [3.05, 3.63) is 52.0 Å². The Kier molecular flexibility index (Phi) is 2.73. The molecule has 1 aromatic carbocycles. The highest BCUT2D eigenvalue weighted by Gasteiger charge is 2.15. The molecule has 1 aliphatic heterocycles. The Morgan fingerprint density at radius 1 is 1.32 bits per heavy atom. The molecule has 19 heavy (non-hydrogen) atoms. The molecule has 0 bridgehead atoms. The Bertz CT molecular complexity index is 807. The number of aliphatic imine (C=N–C) groups is 1. The average molecular weight is 250 g/mol. The Hall–Kier alpha value is -2.67. The predicted octanol–water partition coefficient (Wildman–Crippen LogP) is 2.89. The van der Waals surface area contributed by atoms with Gasteiger partial charge in [-0.2, -0.15) is 5.26 Å². The summed E-state index contributed by atoms with van der Waals surface area (Å²) in [6, 6.07) is 10.6. The molecule has 4 nitrogen and oxygen atoms in total. The third kappa shape index (κ3) is 1.95. The summed E-state index contributed by atoms with van der Waals surface area (Å²) in [6.07, 6.45) is 3.12. The van der Waals surface area contributed by atoms with Crippen molar-refractivity contribution in [3.63, 3.8) is 0 Å². The normalized spacial score (nSPS) is 14.7. The number of nitriles is 1. The Morgan fingerprint density at radius 2 is 2.16 bits per heavy atom. The molecular weight excluding hydrogens is 240 g/mol. The van der Waals surface area contributed by atoms with Gasteiger partial charge in [-0.3, -0.25) is 4.79 Å². The number of hydrogen-bond acceptors (Lipinski definition) is 4. The van der Waals surface area contributed by atoms with E-state index in [4.69, 9.17) is 9.68 Å². The van der Waals surface area contributed by atoms with E-state index in [-0.39, 0.29) is 5.43 Å². The molecule has 0 amide bonds. The van der Waals surface area contributed by atoms with Gasteiger partial charge in [0.05, 0.1) is 5.39 Å². The second kappa shape index (κ2) is 4.54. The first kappa shape index (κ1) is 11.4. The summed E-state index contributed by atoms with van der Waals surface area (Å²) >= 11 is 0. The summed E-state index contributed by atoms with van der Waals surface area (Å²) in [5.74, 6) is 0.442. The summed E-state index contributed by atoms with van der Waals surface area (Å²) in [7, 11) is 0. The maximum Gasteiger partial charge on any atom is 0.193 e. The Labute approximate surface area is 109 Å². The van der Waals surface area contributed by atoms with E-state index in [0.29, 0.717) is 34.4 Å². The van der Waals surface area contributed by atoms with Crippen molar-refractivity contribution in [1.29, 1.82) is 5.26 Å². The SMILES string of the molecule is N#CC1=C(c2cc(=O)c3ccccc3o2)CCC=N1. The van der Waals surface area contributed by atoms with E-state index < -0.39 is 0 Å². The number of para-hydroxylation sites is 1. The molecule has 2 heterocycles. The topological polar surface area (TPSA) is 66.4 Å². The van der Waals surface area contributed by atoms with Crippen molar-refractivity contribution >= 4 is 22.8 Å². The lowest BCUT2D eigenvalue weighted by atomic mass is 10.0. The standard InChI is InChI=1S/C15H10N2O2/c16-9-12-10(5-3-7-17-12)15-8-13(18)11-4-1-2-6-14(11)19-15/h1-2,4,6-8H,3,5H2. The smallest absolute Gasteiger partial charge is 0.193 e. The molecule has 0 unspecified atom stereocenters. The molecule has 2 aromatic rings. The average Bonchev–Trinajstić information content (AvgIpc) is 2.47. The third-order valence-electron chi connectivity index (χ3n) is 3.07. The van der Waals surface area contributed by atoms with Gasteiger partial charge in [0, 0.05) is 17.9 Å². The van der Waals surface area contributed by atoms with Crippen molar-refractivity contribution in [1.82, 2.24) is 0 Å². The predicted molar refractivity (Wildman–Crippen MR) is 72.7 cm³/mol. The molecule has 4 heteroatoms. The maximum atomic E-state index is 12.0. The van der Waals surface area contributed by atoms with Crippen LogP contribution in [-0.2, 0) is 0 Å². The van der Waals surface area contributed by atoms with Gasteiger partial charge in [0.25, 0.3) is 0 Å². The van der Waals surface area contributed by atoms with Crippen LogP contribution in [0.5, 0.6) is 0 Å². The van der Waals surface area contributed by atoms with Crippen LogP contribution in [0.25, 0.3) is 16.5 Å². The number of nitrogens with zero attached hydrogens (tertiary/aromatic N) is 2. The highest BCUT2D eigenvalue weighted by atomic mass is 16.3. The van der Waals surface area contributed by atoms with Crippen LogP contribution in [0.1, 0.15) is 18.6 Å². The van der Waals surface area contributed by atoms with Crippen LogP contribution in [0, 0.1) is 11.3 Å². The van der Waals surface area contributed by atoms with Crippen LogP contribution in [0.15, 0.2) is 50.2 Å². The van der Waals surface area contributed by atoms with Gasteiger partial charge in [-0.25, -0.2) is 4.99 Å². The first-order valence-corrected chi connectivity index (χ1v) is 5.98. The van der Waals surface area contributed by atoms with Gasteiger partial charge in [-0.1, -0.05) is 12.1 Å². The number of benzene rings is 1. The van der Waals surface area contributed by atoms with Gasteiger partial charge in [0.1, 0.15) is 23.1 Å². The molecule has 0 fully saturated rings. The summed E-state index contributed by atoms with van der Waals surface area (Å²) < 4.78 is 5.73. The molecule has 1 aliphatic rings. The van der Waals surface area contributed by atoms with Crippen molar-refractivity contribution in [2.24, 2.45) is 4.99 Å². The highest BCUT2D eigenvalue weighted by molar-refractivity contribution is 5.81. The molecule has 92 valence electrons. The second-order valence-electron chi connectivity index (χ2n) is 4.26. The van der Waals surface area contributed by atoms with Gasteiger partial charge < -0.3 is 4.42 Å². The quantitative estimate of drug-likeness (QED) is 0.781. The lowest BCUT2D eigenvalue weighted by Gasteiger charge is -2.10. The molecule has 1 aromatic heterocycles. The van der Waals surface area contributed by atoms with E-state index in [1.54, 1.807) is 24.4 Å². The summed E-state index contributed by atoms with van der Waals surface area (Å²) in [4.78, 5) is 16.1. The number of hydrogen-bond donors (Lipinski definition) is 0. The van der Waals surface area contributed by atoms with E-state index in [9.17, 15) is 4.79 Å². The van der Waals surface area contributed by atoms with Crippen molar-refractivity contribution in [2.75, 3.05) is 0 Å². The van der Waals surface area contributed by atoms with E-state index in [1.165, 1.54) is 6.07 Å². The molecule has 0 saturated heterocycles. The lowest BCUT2D eigenvalue weighted by Crippen LogP contribution is -2.04. The summed E-state index contributed by atoms with van der Waals surface area (Å²) in [5.41, 5.74) is 1.46. The minimum Gasteiger partial charge on any atom is -0.456 e. The Morgan fingerprint density at radius 3 is 3.00 bits per heavy atom. The van der Waals surface area contributed by atoms with Gasteiger partial charge in [0.2, 0.25) is 0 Å². The first-order valence-electron chi connectivity index (χ1n) is 5.98. The number of allylic oxidation sites excluding steroid dienone is 2. The molecule has 3 rings (SSSR count).